The van der Waals surface area contributed by atoms with Gasteiger partial charge in [0, 0.05) is 13.1 Å². The highest BCUT2D eigenvalue weighted by Gasteiger charge is 2.42. The van der Waals surface area contributed by atoms with Gasteiger partial charge in [-0.15, -0.1) is 0 Å². The molecule has 2 bridgehead atoms. The van der Waals surface area contributed by atoms with E-state index in [1.807, 2.05) is 0 Å². The van der Waals surface area contributed by atoms with Gasteiger partial charge in [0.25, 0.3) is 0 Å². The monoisotopic (exact) mass is 283 g/mol. The molecular formula is C13H21N3O4. The van der Waals surface area contributed by atoms with E-state index in [1.54, 1.807) is 25.7 Å². The summed E-state index contributed by atoms with van der Waals surface area (Å²) in [5.41, 5.74) is -0.600. The van der Waals surface area contributed by atoms with Crippen LogP contribution in [0.25, 0.3) is 0 Å². The highest BCUT2D eigenvalue weighted by molar-refractivity contribution is 5.90. The van der Waals surface area contributed by atoms with Crippen LogP contribution in [0.15, 0.2) is 0 Å². The second-order valence-corrected chi connectivity index (χ2v) is 6.26. The Balaban J connectivity index is 1.84. The fourth-order valence-corrected chi connectivity index (χ4v) is 2.52. The lowest BCUT2D eigenvalue weighted by molar-refractivity contribution is -0.137. The fourth-order valence-electron chi connectivity index (χ4n) is 2.52. The number of fused-ring (bicyclic) bond motifs is 2. The Morgan fingerprint density at radius 1 is 1.45 bits per heavy atom. The maximum Gasteiger partial charge on any atom is 0.408 e. The van der Waals surface area contributed by atoms with E-state index in [0.29, 0.717) is 25.4 Å². The van der Waals surface area contributed by atoms with Gasteiger partial charge in [0.15, 0.2) is 0 Å². The normalized spacial score (nSPS) is 25.1. The number of likely N-dealkylation sites (tertiary alicyclic amines) is 1. The summed E-state index contributed by atoms with van der Waals surface area (Å²) in [6, 6.07) is -0.387. The van der Waals surface area contributed by atoms with Gasteiger partial charge in [-0.1, -0.05) is 0 Å². The van der Waals surface area contributed by atoms with Crippen LogP contribution < -0.4 is 10.6 Å². The molecule has 2 N–H and O–H groups in total. The van der Waals surface area contributed by atoms with Crippen molar-refractivity contribution >= 4 is 17.9 Å². The predicted molar refractivity (Wildman–Crippen MR) is 70.9 cm³/mol. The van der Waals surface area contributed by atoms with Gasteiger partial charge >= 0.3 is 6.09 Å². The van der Waals surface area contributed by atoms with Crippen molar-refractivity contribution in [1.29, 1.82) is 0 Å². The second-order valence-electron chi connectivity index (χ2n) is 6.26. The number of carbonyl (C=O) groups is 3. The van der Waals surface area contributed by atoms with Crippen molar-refractivity contribution in [2.24, 2.45) is 5.92 Å². The zero-order valence-corrected chi connectivity index (χ0v) is 12.1. The first kappa shape index (κ1) is 14.6. The van der Waals surface area contributed by atoms with Gasteiger partial charge in [-0.05, 0) is 33.1 Å². The van der Waals surface area contributed by atoms with E-state index in [-0.39, 0.29) is 24.4 Å². The molecule has 0 aromatic carbocycles. The van der Waals surface area contributed by atoms with Gasteiger partial charge in [-0.2, -0.15) is 0 Å². The van der Waals surface area contributed by atoms with Crippen LogP contribution >= 0.6 is 0 Å². The third-order valence-electron chi connectivity index (χ3n) is 3.36. The first-order valence-corrected chi connectivity index (χ1v) is 6.80. The quantitative estimate of drug-likeness (QED) is 0.738. The van der Waals surface area contributed by atoms with Crippen LogP contribution in [0.4, 0.5) is 4.79 Å². The lowest BCUT2D eigenvalue weighted by atomic mass is 10.0. The lowest BCUT2D eigenvalue weighted by Gasteiger charge is -2.24. The lowest BCUT2D eigenvalue weighted by Crippen LogP contribution is -2.49. The Labute approximate surface area is 118 Å². The minimum atomic E-state index is -0.627. The molecule has 2 heterocycles. The van der Waals surface area contributed by atoms with Crippen molar-refractivity contribution in [2.45, 2.75) is 38.8 Å². The SMILES string of the molecule is CC(C)(C)OC(=O)NCC(=O)N1C[C@H]2CNC(=O)[C@@H]1C2. The van der Waals surface area contributed by atoms with Crippen molar-refractivity contribution < 1.29 is 19.1 Å². The molecule has 2 fully saturated rings. The van der Waals surface area contributed by atoms with Crippen LogP contribution in [-0.4, -0.2) is 54.1 Å². The largest absolute Gasteiger partial charge is 0.444 e. The molecular weight excluding hydrogens is 262 g/mol. The molecule has 7 heteroatoms. The second kappa shape index (κ2) is 5.30. The molecule has 2 aliphatic heterocycles. The molecule has 2 rings (SSSR count). The first-order valence-electron chi connectivity index (χ1n) is 6.80. The number of amides is 3. The van der Waals surface area contributed by atoms with Crippen molar-refractivity contribution in [3.05, 3.63) is 0 Å². The van der Waals surface area contributed by atoms with Gasteiger partial charge in [0.05, 0.1) is 0 Å². The summed E-state index contributed by atoms with van der Waals surface area (Å²) in [4.78, 5) is 36.8. The van der Waals surface area contributed by atoms with Gasteiger partial charge < -0.3 is 20.3 Å². The average Bonchev–Trinajstić information content (AvgIpc) is 2.68. The molecule has 3 amide bonds. The van der Waals surface area contributed by atoms with Crippen molar-refractivity contribution in [3.63, 3.8) is 0 Å². The molecule has 7 nitrogen and oxygen atoms in total. The molecule has 2 saturated heterocycles. The summed E-state index contributed by atoms with van der Waals surface area (Å²) in [6.07, 6.45) is 0.0850. The van der Waals surface area contributed by atoms with Crippen molar-refractivity contribution in [1.82, 2.24) is 15.5 Å². The number of nitrogens with zero attached hydrogens (tertiary/aromatic N) is 1. The number of carbonyl (C=O) groups excluding carboxylic acids is 3. The summed E-state index contributed by atoms with van der Waals surface area (Å²) < 4.78 is 5.06. The molecule has 20 heavy (non-hydrogen) atoms. The standard InChI is InChI=1S/C13H21N3O4/c1-13(2,3)20-12(19)15-6-10(17)16-7-8-4-9(16)11(18)14-5-8/h8-9H,4-7H2,1-3H3,(H,14,18)(H,15,19)/t8-,9+/m1/s1. The number of piperidine rings is 1. The molecule has 0 spiro atoms. The molecule has 0 unspecified atom stereocenters. The topological polar surface area (TPSA) is 87.7 Å². The summed E-state index contributed by atoms with van der Waals surface area (Å²) in [5, 5.41) is 5.21. The molecule has 0 aromatic heterocycles. The Bertz CT molecular complexity index is 430. The van der Waals surface area contributed by atoms with E-state index < -0.39 is 11.7 Å². The van der Waals surface area contributed by atoms with Crippen molar-refractivity contribution in [2.75, 3.05) is 19.6 Å². The number of alkyl carbamates (subject to hydrolysis) is 1. The van der Waals surface area contributed by atoms with Crippen LogP contribution in [-0.2, 0) is 14.3 Å². The van der Waals surface area contributed by atoms with E-state index in [9.17, 15) is 14.4 Å². The maximum absolute atomic E-state index is 12.1. The fraction of sp³-hybridized carbons (Fsp3) is 0.769. The smallest absolute Gasteiger partial charge is 0.408 e. The summed E-state index contributed by atoms with van der Waals surface area (Å²) in [6.45, 7) is 6.30. The van der Waals surface area contributed by atoms with Crippen LogP contribution in [0.2, 0.25) is 0 Å². The molecule has 0 saturated carbocycles. The molecule has 112 valence electrons. The number of hydrogen-bond donors (Lipinski definition) is 2. The van der Waals surface area contributed by atoms with Crippen molar-refractivity contribution in [3.8, 4) is 0 Å². The van der Waals surface area contributed by atoms with Gasteiger partial charge in [0.1, 0.15) is 18.2 Å². The summed E-state index contributed by atoms with van der Waals surface area (Å²) in [5.74, 6) is -0.0343. The van der Waals surface area contributed by atoms with Crippen LogP contribution in [0.3, 0.4) is 0 Å². The third-order valence-corrected chi connectivity index (χ3v) is 3.36. The molecule has 0 radical (unpaired) electrons. The predicted octanol–water partition coefficient (Wildman–Crippen LogP) is -0.142. The molecule has 2 atom stereocenters. The number of nitrogens with one attached hydrogen (secondary N) is 2. The van der Waals surface area contributed by atoms with E-state index in [1.165, 1.54) is 0 Å². The number of hydrogen-bond acceptors (Lipinski definition) is 4. The number of ether oxygens (including phenoxy) is 1. The first-order chi connectivity index (χ1) is 9.26. The highest BCUT2D eigenvalue weighted by Crippen LogP contribution is 2.26. The zero-order chi connectivity index (χ0) is 14.9. The van der Waals surface area contributed by atoms with Crippen LogP contribution in [0, 0.1) is 5.92 Å². The van der Waals surface area contributed by atoms with Gasteiger partial charge in [-0.3, -0.25) is 9.59 Å². The summed E-state index contributed by atoms with van der Waals surface area (Å²) in [7, 11) is 0. The number of rotatable bonds is 2. The van der Waals surface area contributed by atoms with Gasteiger partial charge in [-0.25, -0.2) is 4.79 Å². The minimum Gasteiger partial charge on any atom is -0.444 e. The Kier molecular flexibility index (Phi) is 3.87. The molecule has 2 aliphatic rings. The third kappa shape index (κ3) is 3.40. The highest BCUT2D eigenvalue weighted by atomic mass is 16.6. The molecule has 0 aliphatic carbocycles. The van der Waals surface area contributed by atoms with Gasteiger partial charge in [0.2, 0.25) is 11.8 Å². The Hall–Kier alpha value is -1.79. The maximum atomic E-state index is 12.1. The van der Waals surface area contributed by atoms with E-state index in [4.69, 9.17) is 4.74 Å². The zero-order valence-electron chi connectivity index (χ0n) is 12.1. The van der Waals surface area contributed by atoms with E-state index in [0.717, 1.165) is 0 Å². The molecule has 0 aromatic rings. The Morgan fingerprint density at radius 2 is 2.15 bits per heavy atom. The van der Waals surface area contributed by atoms with Crippen LogP contribution in [0.5, 0.6) is 0 Å². The van der Waals surface area contributed by atoms with E-state index in [2.05, 4.69) is 10.6 Å². The minimum absolute atomic E-state index is 0.107. The summed E-state index contributed by atoms with van der Waals surface area (Å²) >= 11 is 0. The van der Waals surface area contributed by atoms with Crippen LogP contribution in [0.1, 0.15) is 27.2 Å². The average molecular weight is 283 g/mol. The van der Waals surface area contributed by atoms with E-state index >= 15 is 0 Å². The Morgan fingerprint density at radius 3 is 2.80 bits per heavy atom.